The fourth-order valence-electron chi connectivity index (χ4n) is 3.15. The summed E-state index contributed by atoms with van der Waals surface area (Å²) < 4.78 is 0. The van der Waals surface area contributed by atoms with Gasteiger partial charge in [0.15, 0.2) is 5.82 Å². The van der Waals surface area contributed by atoms with Crippen molar-refractivity contribution in [2.45, 2.75) is 18.5 Å². The minimum atomic E-state index is -1.61. The Labute approximate surface area is 191 Å². The quantitative estimate of drug-likeness (QED) is 0.164. The number of aromatic amines is 1. The molecule has 2 unspecified atom stereocenters. The van der Waals surface area contributed by atoms with Crippen molar-refractivity contribution in [3.63, 3.8) is 0 Å². The van der Waals surface area contributed by atoms with Gasteiger partial charge in [0.25, 0.3) is 11.5 Å². The fraction of sp³-hybridized carbons (Fsp3) is 0.250. The van der Waals surface area contributed by atoms with Crippen LogP contribution in [0.1, 0.15) is 16.8 Å². The summed E-state index contributed by atoms with van der Waals surface area (Å²) in [5.74, 6) is -2.31. The third kappa shape index (κ3) is 5.69. The molecule has 34 heavy (non-hydrogen) atoms. The van der Waals surface area contributed by atoms with Crippen LogP contribution >= 0.6 is 0 Å². The number of nitrogen functional groups attached to an aromatic ring is 1. The molecular weight excluding hydrogens is 450 g/mol. The molecule has 0 saturated heterocycles. The molecule has 0 saturated carbocycles. The van der Waals surface area contributed by atoms with E-state index in [1.54, 1.807) is 12.1 Å². The van der Waals surface area contributed by atoms with Gasteiger partial charge in [-0.05, 0) is 24.3 Å². The van der Waals surface area contributed by atoms with Crippen LogP contribution in [0.2, 0.25) is 0 Å². The molecule has 2 atom stereocenters. The van der Waals surface area contributed by atoms with Gasteiger partial charge in [0, 0.05) is 30.8 Å². The number of hydrogen-bond acceptors (Lipinski definition) is 10. The Morgan fingerprint density at radius 3 is 2.56 bits per heavy atom. The lowest BCUT2D eigenvalue weighted by molar-refractivity contribution is -0.139. The predicted octanol–water partition coefficient (Wildman–Crippen LogP) is -0.914. The van der Waals surface area contributed by atoms with E-state index < -0.39 is 41.4 Å². The highest BCUT2D eigenvalue weighted by molar-refractivity contribution is 5.99. The number of carboxylic acid groups (broad SMARTS) is 2. The fourth-order valence-corrected chi connectivity index (χ4v) is 3.15. The highest BCUT2D eigenvalue weighted by Crippen LogP contribution is 2.20. The molecule has 2 heterocycles. The molecule has 0 radical (unpaired) electrons. The minimum Gasteiger partial charge on any atom is -0.480 e. The van der Waals surface area contributed by atoms with Crippen molar-refractivity contribution < 1.29 is 29.4 Å². The minimum absolute atomic E-state index is 0.0101. The van der Waals surface area contributed by atoms with Crippen LogP contribution in [0, 0.1) is 0 Å². The maximum absolute atomic E-state index is 12.4. The zero-order valence-corrected chi connectivity index (χ0v) is 17.5. The number of carbonyl (C=O) groups is 3. The number of benzene rings is 1. The summed E-state index contributed by atoms with van der Waals surface area (Å²) in [4.78, 5) is 63.7. The summed E-state index contributed by atoms with van der Waals surface area (Å²) in [5.41, 5.74) is 5.40. The van der Waals surface area contributed by atoms with Crippen molar-refractivity contribution >= 4 is 46.9 Å². The number of carbonyl (C=O) groups excluding carboxylic acids is 2. The second-order valence-electron chi connectivity index (χ2n) is 7.31. The molecule has 1 aliphatic heterocycles. The predicted molar refractivity (Wildman–Crippen MR) is 120 cm³/mol. The third-order valence-electron chi connectivity index (χ3n) is 4.89. The lowest BCUT2D eigenvalue weighted by atomic mass is 10.1. The van der Waals surface area contributed by atoms with Gasteiger partial charge in [0.2, 0.25) is 5.95 Å². The van der Waals surface area contributed by atoms with Gasteiger partial charge in [-0.3, -0.25) is 14.6 Å². The molecule has 0 spiro atoms. The molecule has 9 N–H and O–H groups in total. The first-order valence-electron chi connectivity index (χ1n) is 9.93. The lowest BCUT2D eigenvalue weighted by Crippen LogP contribution is -2.41. The Kier molecular flexibility index (Phi) is 7.13. The average molecular weight is 471 g/mol. The Morgan fingerprint density at radius 1 is 1.24 bits per heavy atom. The van der Waals surface area contributed by atoms with Gasteiger partial charge < -0.3 is 37.2 Å². The van der Waals surface area contributed by atoms with Crippen LogP contribution < -0.4 is 32.6 Å². The normalized spacial score (nSPS) is 14.9. The van der Waals surface area contributed by atoms with E-state index in [-0.39, 0.29) is 23.2 Å². The molecule has 1 aromatic carbocycles. The number of anilines is 4. The number of nitrogens with one attached hydrogen (secondary N) is 5. The summed E-state index contributed by atoms with van der Waals surface area (Å²) in [6, 6.07) is 4.31. The number of amides is 1. The monoisotopic (exact) mass is 471 g/mol. The smallest absolute Gasteiger partial charge is 0.342 e. The summed E-state index contributed by atoms with van der Waals surface area (Å²) in [7, 11) is 0. The second kappa shape index (κ2) is 10.2. The standard InChI is InChI=1S/C20H21N7O7/c21-20-26-15-14(17(30)27-20)24-12(7-23-15)6-22-11-3-1-9(2-4-11)16(29)25-13(19(33)34)5-10(8-28)18(31)32/h1-4,12-13,22,24H,5-7H2,(H,25,29)(H,31,32)(H,33,34)(H4,21,23,26,27,30). The van der Waals surface area contributed by atoms with Crippen LogP contribution in [0.3, 0.4) is 0 Å². The van der Waals surface area contributed by atoms with Gasteiger partial charge in [-0.15, -0.1) is 0 Å². The van der Waals surface area contributed by atoms with E-state index >= 15 is 0 Å². The van der Waals surface area contributed by atoms with Gasteiger partial charge >= 0.3 is 11.9 Å². The van der Waals surface area contributed by atoms with E-state index in [0.29, 0.717) is 24.6 Å². The largest absolute Gasteiger partial charge is 0.480 e. The number of fused-ring (bicyclic) bond motifs is 1. The van der Waals surface area contributed by atoms with E-state index in [9.17, 15) is 29.1 Å². The maximum atomic E-state index is 12.4. The zero-order chi connectivity index (χ0) is 24.8. The van der Waals surface area contributed by atoms with Crippen molar-refractivity contribution in [1.82, 2.24) is 15.3 Å². The first-order valence-corrected chi connectivity index (χ1v) is 9.93. The van der Waals surface area contributed by atoms with Crippen LogP contribution in [-0.2, 0) is 14.4 Å². The van der Waals surface area contributed by atoms with Crippen LogP contribution in [-0.4, -0.2) is 69.1 Å². The molecule has 1 aliphatic rings. The summed E-state index contributed by atoms with van der Waals surface area (Å²) in [5, 5.41) is 29.5. The molecule has 0 aliphatic carbocycles. The number of carboxylic acids is 2. The van der Waals surface area contributed by atoms with E-state index in [1.165, 1.54) is 18.1 Å². The maximum Gasteiger partial charge on any atom is 0.342 e. The van der Waals surface area contributed by atoms with Crippen LogP contribution in [0.25, 0.3) is 0 Å². The second-order valence-corrected chi connectivity index (χ2v) is 7.31. The van der Waals surface area contributed by atoms with Crippen LogP contribution in [0.5, 0.6) is 0 Å². The Morgan fingerprint density at radius 2 is 1.94 bits per heavy atom. The number of aromatic nitrogens is 2. The molecule has 1 amide bonds. The first-order chi connectivity index (χ1) is 16.2. The van der Waals surface area contributed by atoms with E-state index in [0.717, 1.165) is 0 Å². The number of H-pyrrole nitrogens is 1. The summed E-state index contributed by atoms with van der Waals surface area (Å²) in [6.45, 7) is 0.888. The molecule has 0 bridgehead atoms. The number of rotatable bonds is 9. The molecule has 2 aromatic rings. The van der Waals surface area contributed by atoms with Gasteiger partial charge in [0.1, 0.15) is 23.2 Å². The lowest BCUT2D eigenvalue weighted by Gasteiger charge is -2.27. The molecule has 178 valence electrons. The van der Waals surface area contributed by atoms with Crippen molar-refractivity contribution in [1.29, 1.82) is 0 Å². The van der Waals surface area contributed by atoms with Crippen molar-refractivity contribution in [2.24, 2.45) is 0 Å². The topological polar surface area (TPSA) is 229 Å². The molecule has 1 aromatic heterocycles. The number of hydrogen-bond donors (Lipinski definition) is 8. The molecular formula is C20H21N7O7. The highest BCUT2D eigenvalue weighted by atomic mass is 16.4. The Bertz CT molecular complexity index is 1220. The summed E-state index contributed by atoms with van der Waals surface area (Å²) >= 11 is 0. The van der Waals surface area contributed by atoms with Crippen molar-refractivity contribution in [3.05, 3.63) is 45.8 Å². The SMILES string of the molecule is Nc1nc2c(c(=O)[nH]1)NC(CNc1ccc(C(=O)NC(CC(=C=O)C(=O)O)C(=O)O)cc1)CN2. The first kappa shape index (κ1) is 23.8. The average Bonchev–Trinajstić information content (AvgIpc) is 2.80. The van der Waals surface area contributed by atoms with Gasteiger partial charge in [-0.1, -0.05) is 0 Å². The van der Waals surface area contributed by atoms with Gasteiger partial charge in [-0.25, -0.2) is 14.4 Å². The van der Waals surface area contributed by atoms with Crippen LogP contribution in [0.4, 0.5) is 23.1 Å². The number of nitrogens with two attached hydrogens (primary N) is 1. The zero-order valence-electron chi connectivity index (χ0n) is 17.5. The van der Waals surface area contributed by atoms with E-state index in [2.05, 4.69) is 31.2 Å². The van der Waals surface area contributed by atoms with E-state index in [4.69, 9.17) is 10.8 Å². The number of nitrogens with zero attached hydrogens (tertiary/aromatic N) is 1. The highest BCUT2D eigenvalue weighted by Gasteiger charge is 2.25. The molecule has 14 nitrogen and oxygen atoms in total. The Balaban J connectivity index is 1.57. The van der Waals surface area contributed by atoms with Gasteiger partial charge in [-0.2, -0.15) is 4.98 Å². The third-order valence-corrected chi connectivity index (χ3v) is 4.89. The van der Waals surface area contributed by atoms with Crippen molar-refractivity contribution in [3.8, 4) is 0 Å². The molecule has 3 rings (SSSR count). The van der Waals surface area contributed by atoms with E-state index in [1.807, 2.05) is 0 Å². The van der Waals surface area contributed by atoms with Gasteiger partial charge in [0.05, 0.1) is 6.04 Å². The Hall–Kier alpha value is -4.84. The van der Waals surface area contributed by atoms with Crippen molar-refractivity contribution in [2.75, 3.05) is 34.8 Å². The number of aliphatic carboxylic acids is 2. The molecule has 0 fully saturated rings. The summed E-state index contributed by atoms with van der Waals surface area (Å²) in [6.07, 6.45) is -0.712. The van der Waals surface area contributed by atoms with Crippen LogP contribution in [0.15, 0.2) is 34.6 Å². The molecule has 14 heteroatoms.